The summed E-state index contributed by atoms with van der Waals surface area (Å²) in [6, 6.07) is 23.6. The fraction of sp³-hybridized carbons (Fsp3) is 0.0625. The first-order valence-corrected chi connectivity index (χ1v) is 11.8. The van der Waals surface area contributed by atoms with Crippen molar-refractivity contribution in [3.05, 3.63) is 146 Å². The van der Waals surface area contributed by atoms with Gasteiger partial charge in [0, 0.05) is 14.5 Å². The minimum atomic E-state index is 0. The van der Waals surface area contributed by atoms with Crippen LogP contribution in [0.1, 0.15) is 23.3 Å². The predicted molar refractivity (Wildman–Crippen MR) is 157 cm³/mol. The van der Waals surface area contributed by atoms with E-state index in [2.05, 4.69) is 85.1 Å². The second-order valence-electron chi connectivity index (χ2n) is 6.75. The van der Waals surface area contributed by atoms with Crippen molar-refractivity contribution in [1.82, 2.24) is 0 Å². The number of aliphatic hydroxyl groups is 1. The normalized spacial score (nSPS) is 8.42. The molecule has 0 unspecified atom stereocenters. The van der Waals surface area contributed by atoms with Crippen LogP contribution >= 0.6 is 31.9 Å². The van der Waals surface area contributed by atoms with Crippen LogP contribution in [-0.4, -0.2) is 11.4 Å². The first-order chi connectivity index (χ1) is 17.0. The molecular formula is C32H24Br2O2. The molecular weight excluding hydrogens is 576 g/mol. The van der Waals surface area contributed by atoms with Crippen LogP contribution in [0.5, 0.6) is 0 Å². The Balaban J connectivity index is 0.000000272. The van der Waals surface area contributed by atoms with E-state index in [9.17, 15) is 4.79 Å². The highest BCUT2D eigenvalue weighted by molar-refractivity contribution is 9.10. The Bertz CT molecular complexity index is 1580. The molecule has 0 aliphatic carbocycles. The van der Waals surface area contributed by atoms with E-state index in [0.29, 0.717) is 0 Å². The molecule has 1 N–H and O–H groups in total. The van der Waals surface area contributed by atoms with E-state index >= 15 is 0 Å². The summed E-state index contributed by atoms with van der Waals surface area (Å²) in [5.41, 5.74) is 18.7. The third-order valence-corrected chi connectivity index (χ3v) is 5.52. The number of aldehydes is 1. The second kappa shape index (κ2) is 16.8. The molecule has 0 aliphatic rings. The van der Waals surface area contributed by atoms with E-state index < -0.39 is 0 Å². The average Bonchev–Trinajstić information content (AvgIpc) is 2.88. The van der Waals surface area contributed by atoms with Crippen LogP contribution in [0.25, 0.3) is 21.5 Å². The number of halogens is 2. The monoisotopic (exact) mass is 598 g/mol. The van der Waals surface area contributed by atoms with Crippen LogP contribution in [0, 0.1) is 0 Å². The summed E-state index contributed by atoms with van der Waals surface area (Å²) in [7, 11) is 0. The number of fused-ring (bicyclic) bond motifs is 2. The van der Waals surface area contributed by atoms with Gasteiger partial charge in [-0.25, -0.2) is 0 Å². The second-order valence-corrected chi connectivity index (χ2v) is 8.58. The molecule has 4 rings (SSSR count). The maximum absolute atomic E-state index is 10.7. The smallest absolute Gasteiger partial charge is 0.150 e. The molecule has 178 valence electrons. The van der Waals surface area contributed by atoms with Crippen LogP contribution in [0.3, 0.4) is 0 Å². The summed E-state index contributed by atoms with van der Waals surface area (Å²) in [4.78, 5) is 10.7. The molecule has 0 radical (unpaired) electrons. The SMILES string of the molecule is C.C=C=C=C=C=C=C=C=C.O=Cc1cccc2ccc(Br)cc12.OCc1cccc2ccc(Br)cc12. The quantitative estimate of drug-likeness (QED) is 0.184. The van der Waals surface area contributed by atoms with Gasteiger partial charge in [-0.3, -0.25) is 4.79 Å². The summed E-state index contributed by atoms with van der Waals surface area (Å²) in [5, 5.41) is 13.5. The molecule has 0 saturated heterocycles. The third-order valence-electron chi connectivity index (χ3n) is 4.54. The van der Waals surface area contributed by atoms with Crippen molar-refractivity contribution in [1.29, 1.82) is 0 Å². The first kappa shape index (κ1) is 30.2. The number of carbonyl (C=O) groups is 1. The minimum absolute atomic E-state index is 0. The highest BCUT2D eigenvalue weighted by atomic mass is 79.9. The van der Waals surface area contributed by atoms with Gasteiger partial charge in [0.05, 0.1) is 6.61 Å². The maximum Gasteiger partial charge on any atom is 0.150 e. The molecule has 0 saturated carbocycles. The van der Waals surface area contributed by atoms with Crippen molar-refractivity contribution in [3.8, 4) is 0 Å². The van der Waals surface area contributed by atoms with Crippen molar-refractivity contribution >= 4 is 59.7 Å². The topological polar surface area (TPSA) is 37.3 Å². The summed E-state index contributed by atoms with van der Waals surface area (Å²) in [6.45, 7) is 6.62. The summed E-state index contributed by atoms with van der Waals surface area (Å²) in [5.74, 6) is 0. The van der Waals surface area contributed by atoms with Crippen LogP contribution in [-0.2, 0) is 6.61 Å². The third kappa shape index (κ3) is 9.44. The molecule has 4 aromatic carbocycles. The molecule has 0 atom stereocenters. The number of hydrogen-bond donors (Lipinski definition) is 1. The van der Waals surface area contributed by atoms with Crippen LogP contribution in [0.15, 0.2) is 135 Å². The van der Waals surface area contributed by atoms with Gasteiger partial charge in [0.1, 0.15) is 0 Å². The van der Waals surface area contributed by atoms with Gasteiger partial charge in [0.25, 0.3) is 0 Å². The van der Waals surface area contributed by atoms with Crippen molar-refractivity contribution in [2.45, 2.75) is 14.0 Å². The number of carbonyl (C=O) groups excluding carboxylic acids is 1. The number of rotatable bonds is 2. The number of hydrogen-bond acceptors (Lipinski definition) is 2. The Morgan fingerprint density at radius 3 is 1.75 bits per heavy atom. The Morgan fingerprint density at radius 2 is 1.22 bits per heavy atom. The molecule has 36 heavy (non-hydrogen) atoms. The molecule has 0 fully saturated rings. The maximum atomic E-state index is 10.7. The number of aliphatic hydroxyl groups excluding tert-OH is 1. The first-order valence-electron chi connectivity index (χ1n) is 10.2. The highest BCUT2D eigenvalue weighted by Gasteiger charge is 2.00. The molecule has 0 amide bonds. The molecule has 0 spiro atoms. The standard InChI is InChI=1S/C11H9BrO.C11H7BrO.C9H4.CH4/c2*12-10-5-4-8-2-1-3-9(7-13)11(8)6-10;1-3-5-7-9-8-6-4-2;/h1-6,13H,7H2;1-7H;1-2H2;1H4. The van der Waals surface area contributed by atoms with Gasteiger partial charge in [0.15, 0.2) is 6.29 Å². The largest absolute Gasteiger partial charge is 0.392 e. The summed E-state index contributed by atoms with van der Waals surface area (Å²) in [6.07, 6.45) is 0.884. The van der Waals surface area contributed by atoms with Crippen LogP contribution in [0.2, 0.25) is 0 Å². The molecule has 0 aromatic heterocycles. The number of benzene rings is 4. The van der Waals surface area contributed by atoms with Crippen molar-refractivity contribution < 1.29 is 9.90 Å². The lowest BCUT2D eigenvalue weighted by molar-refractivity contribution is 0.112. The van der Waals surface area contributed by atoms with Gasteiger partial charge in [-0.15, -0.1) is 0 Å². The van der Waals surface area contributed by atoms with E-state index in [1.165, 1.54) is 0 Å². The van der Waals surface area contributed by atoms with Crippen LogP contribution < -0.4 is 0 Å². The molecule has 4 heteroatoms. The Kier molecular flexibility index (Phi) is 14.1. The van der Waals surface area contributed by atoms with Crippen molar-refractivity contribution in [3.63, 3.8) is 0 Å². The van der Waals surface area contributed by atoms with E-state index in [1.807, 2.05) is 72.8 Å². The molecule has 0 heterocycles. The van der Waals surface area contributed by atoms with Gasteiger partial charge in [-0.2, -0.15) is 0 Å². The van der Waals surface area contributed by atoms with Crippen molar-refractivity contribution in [2.24, 2.45) is 0 Å². The fourth-order valence-corrected chi connectivity index (χ4v) is 3.72. The lowest BCUT2D eigenvalue weighted by Gasteiger charge is -2.03. The minimum Gasteiger partial charge on any atom is -0.392 e. The molecule has 4 aromatic rings. The zero-order valence-corrected chi connectivity index (χ0v) is 21.9. The van der Waals surface area contributed by atoms with E-state index in [0.717, 1.165) is 47.9 Å². The van der Waals surface area contributed by atoms with Gasteiger partial charge >= 0.3 is 0 Å². The van der Waals surface area contributed by atoms with Crippen LogP contribution in [0.4, 0.5) is 0 Å². The molecule has 2 nitrogen and oxygen atoms in total. The Hall–Kier alpha value is -3.81. The summed E-state index contributed by atoms with van der Waals surface area (Å²) >= 11 is 6.79. The molecule has 0 bridgehead atoms. The molecule has 0 aliphatic heterocycles. The van der Waals surface area contributed by atoms with E-state index in [-0.39, 0.29) is 14.0 Å². The Morgan fingerprint density at radius 1 is 0.722 bits per heavy atom. The lowest BCUT2D eigenvalue weighted by atomic mass is 10.1. The van der Waals surface area contributed by atoms with E-state index in [1.54, 1.807) is 0 Å². The van der Waals surface area contributed by atoms with Gasteiger partial charge in [-0.05, 0) is 93.2 Å². The van der Waals surface area contributed by atoms with Gasteiger partial charge in [-0.1, -0.05) is 99.3 Å². The fourth-order valence-electron chi connectivity index (χ4n) is 3.00. The zero-order valence-electron chi connectivity index (χ0n) is 18.7. The highest BCUT2D eigenvalue weighted by Crippen LogP contribution is 2.23. The Labute approximate surface area is 228 Å². The zero-order chi connectivity index (χ0) is 25.5. The van der Waals surface area contributed by atoms with E-state index in [4.69, 9.17) is 5.11 Å². The predicted octanol–water partition coefficient (Wildman–Crippen LogP) is 9.03. The lowest BCUT2D eigenvalue weighted by Crippen LogP contribution is -1.84. The van der Waals surface area contributed by atoms with Crippen molar-refractivity contribution in [2.75, 3.05) is 0 Å². The van der Waals surface area contributed by atoms with Gasteiger partial charge < -0.3 is 5.11 Å². The van der Waals surface area contributed by atoms with Gasteiger partial charge in [0.2, 0.25) is 0 Å². The summed E-state index contributed by atoms with van der Waals surface area (Å²) < 4.78 is 2.04. The average molecular weight is 600 g/mol.